The highest BCUT2D eigenvalue weighted by atomic mass is 35.5. The van der Waals surface area contributed by atoms with Crippen molar-refractivity contribution in [3.05, 3.63) is 41.2 Å². The summed E-state index contributed by atoms with van der Waals surface area (Å²) in [5, 5.41) is 4.53. The van der Waals surface area contributed by atoms with Crippen LogP contribution in [0.2, 0.25) is 5.02 Å². The van der Waals surface area contributed by atoms with Crippen LogP contribution in [0.25, 0.3) is 0 Å². The van der Waals surface area contributed by atoms with E-state index in [9.17, 15) is 4.21 Å². The van der Waals surface area contributed by atoms with Gasteiger partial charge in [0.2, 0.25) is 0 Å². The summed E-state index contributed by atoms with van der Waals surface area (Å²) < 4.78 is 14.0. The van der Waals surface area contributed by atoms with Crippen molar-refractivity contribution in [2.75, 3.05) is 11.5 Å². The maximum absolute atomic E-state index is 12.2. The van der Waals surface area contributed by atoms with E-state index in [1.54, 1.807) is 29.1 Å². The average molecular weight is 284 g/mol. The van der Waals surface area contributed by atoms with Gasteiger partial charge < -0.3 is 5.73 Å². The van der Waals surface area contributed by atoms with Crippen LogP contribution >= 0.6 is 11.6 Å². The van der Waals surface area contributed by atoms with Crippen LogP contribution in [-0.2, 0) is 24.3 Å². The number of halogens is 1. The maximum atomic E-state index is 12.2. The lowest BCUT2D eigenvalue weighted by molar-refractivity contribution is 0.678. The number of aryl methyl sites for hydroxylation is 2. The normalized spacial score (nSPS) is 12.6. The average Bonchev–Trinajstić information content (AvgIpc) is 2.72. The zero-order valence-corrected chi connectivity index (χ0v) is 11.5. The minimum Gasteiger partial charge on any atom is -0.398 e. The molecule has 2 N–H and O–H groups in total. The van der Waals surface area contributed by atoms with Gasteiger partial charge in [-0.25, -0.2) is 0 Å². The van der Waals surface area contributed by atoms with Crippen LogP contribution in [0, 0.1) is 0 Å². The number of anilines is 1. The molecular formula is C12H14ClN3OS. The standard InChI is InChI=1S/C12H14ClN3OS/c1-16-9(5-7-15-16)6-8-18(17)12-10(13)3-2-4-11(12)14/h2-5,7H,6,8,14H2,1H3. The van der Waals surface area contributed by atoms with Crippen molar-refractivity contribution in [2.45, 2.75) is 11.3 Å². The molecule has 2 rings (SSSR count). The first-order chi connectivity index (χ1) is 8.59. The van der Waals surface area contributed by atoms with E-state index in [2.05, 4.69) is 5.10 Å². The fraction of sp³-hybridized carbons (Fsp3) is 0.250. The molecule has 0 aliphatic rings. The Hall–Kier alpha value is -1.33. The third-order valence-electron chi connectivity index (χ3n) is 2.69. The van der Waals surface area contributed by atoms with Crippen LogP contribution in [0.15, 0.2) is 35.4 Å². The molecule has 0 aliphatic heterocycles. The van der Waals surface area contributed by atoms with Crippen molar-refractivity contribution >= 4 is 28.1 Å². The largest absolute Gasteiger partial charge is 0.398 e. The van der Waals surface area contributed by atoms with Crippen LogP contribution in [0.1, 0.15) is 5.69 Å². The van der Waals surface area contributed by atoms with Gasteiger partial charge in [0.1, 0.15) is 0 Å². The number of benzene rings is 1. The number of hydrogen-bond donors (Lipinski definition) is 1. The summed E-state index contributed by atoms with van der Waals surface area (Å²) in [6.45, 7) is 0. The Balaban J connectivity index is 2.11. The topological polar surface area (TPSA) is 60.9 Å². The van der Waals surface area contributed by atoms with Gasteiger partial charge in [0.15, 0.2) is 0 Å². The van der Waals surface area contributed by atoms with Crippen LogP contribution in [0.3, 0.4) is 0 Å². The second-order valence-corrected chi connectivity index (χ2v) is 5.82. The van der Waals surface area contributed by atoms with Gasteiger partial charge in [0.25, 0.3) is 0 Å². The van der Waals surface area contributed by atoms with E-state index in [4.69, 9.17) is 17.3 Å². The minimum atomic E-state index is -1.20. The molecule has 6 heteroatoms. The molecule has 1 aromatic heterocycles. The molecule has 0 amide bonds. The van der Waals surface area contributed by atoms with Crippen LogP contribution in [0.5, 0.6) is 0 Å². The van der Waals surface area contributed by atoms with Crippen molar-refractivity contribution in [3.63, 3.8) is 0 Å². The molecule has 0 aliphatic carbocycles. The molecule has 0 saturated carbocycles. The summed E-state index contributed by atoms with van der Waals surface area (Å²) in [6.07, 6.45) is 2.40. The molecule has 0 radical (unpaired) electrons. The Morgan fingerprint density at radius 3 is 2.83 bits per heavy atom. The summed E-state index contributed by atoms with van der Waals surface area (Å²) in [5.74, 6) is 0.480. The third kappa shape index (κ3) is 2.73. The van der Waals surface area contributed by atoms with Crippen LogP contribution in [0.4, 0.5) is 5.69 Å². The number of nitrogen functional groups attached to an aromatic ring is 1. The van der Waals surface area contributed by atoms with Crippen molar-refractivity contribution in [1.82, 2.24) is 9.78 Å². The summed E-state index contributed by atoms with van der Waals surface area (Å²) in [5.41, 5.74) is 7.32. The van der Waals surface area contributed by atoms with E-state index in [-0.39, 0.29) is 0 Å². The molecule has 1 aromatic carbocycles. The molecule has 0 spiro atoms. The van der Waals surface area contributed by atoms with E-state index in [1.165, 1.54) is 0 Å². The van der Waals surface area contributed by atoms with Crippen LogP contribution in [-0.4, -0.2) is 19.7 Å². The van der Waals surface area contributed by atoms with Gasteiger partial charge in [-0.1, -0.05) is 17.7 Å². The van der Waals surface area contributed by atoms with Crippen molar-refractivity contribution in [1.29, 1.82) is 0 Å². The predicted molar refractivity (Wildman–Crippen MR) is 74.1 cm³/mol. The molecular weight excluding hydrogens is 270 g/mol. The number of nitrogens with two attached hydrogens (primary N) is 1. The summed E-state index contributed by atoms with van der Waals surface area (Å²) in [4.78, 5) is 0.529. The van der Waals surface area contributed by atoms with E-state index in [1.807, 2.05) is 13.1 Å². The van der Waals surface area contributed by atoms with Crippen molar-refractivity contribution < 1.29 is 4.21 Å². The molecule has 1 unspecified atom stereocenters. The zero-order chi connectivity index (χ0) is 13.1. The number of rotatable bonds is 4. The first kappa shape index (κ1) is 13.1. The van der Waals surface area contributed by atoms with Gasteiger partial charge in [0, 0.05) is 36.8 Å². The highest BCUT2D eigenvalue weighted by Gasteiger charge is 2.13. The Morgan fingerprint density at radius 1 is 1.44 bits per heavy atom. The van der Waals surface area contributed by atoms with Crippen molar-refractivity contribution in [3.8, 4) is 0 Å². The van der Waals surface area contributed by atoms with Gasteiger partial charge in [-0.3, -0.25) is 8.89 Å². The molecule has 2 aromatic rings. The number of nitrogens with zero attached hydrogens (tertiary/aromatic N) is 2. The lowest BCUT2D eigenvalue weighted by atomic mass is 10.3. The SMILES string of the molecule is Cn1nccc1CCS(=O)c1c(N)cccc1Cl. The Morgan fingerprint density at radius 2 is 2.22 bits per heavy atom. The maximum Gasteiger partial charge on any atom is 0.0803 e. The third-order valence-corrected chi connectivity index (χ3v) is 4.60. The molecule has 18 heavy (non-hydrogen) atoms. The predicted octanol–water partition coefficient (Wildman–Crippen LogP) is 2.01. The fourth-order valence-electron chi connectivity index (χ4n) is 1.71. The molecule has 0 bridgehead atoms. The molecule has 4 nitrogen and oxygen atoms in total. The van der Waals surface area contributed by atoms with Crippen molar-refractivity contribution in [2.24, 2.45) is 7.05 Å². The van der Waals surface area contributed by atoms with Gasteiger partial charge >= 0.3 is 0 Å². The second kappa shape index (κ2) is 5.54. The monoisotopic (exact) mass is 283 g/mol. The lowest BCUT2D eigenvalue weighted by Gasteiger charge is -2.08. The first-order valence-corrected chi connectivity index (χ1v) is 7.18. The molecule has 0 saturated heterocycles. The number of hydrogen-bond acceptors (Lipinski definition) is 3. The highest BCUT2D eigenvalue weighted by Crippen LogP contribution is 2.26. The van der Waals surface area contributed by atoms with Gasteiger partial charge in [-0.2, -0.15) is 5.10 Å². The van der Waals surface area contributed by atoms with E-state index >= 15 is 0 Å². The summed E-state index contributed by atoms with van der Waals surface area (Å²) in [7, 11) is 0.666. The van der Waals surface area contributed by atoms with Gasteiger partial charge in [-0.05, 0) is 18.2 Å². The Bertz CT molecular complexity index is 562. The van der Waals surface area contributed by atoms with Gasteiger partial charge in [-0.15, -0.1) is 0 Å². The van der Waals surface area contributed by atoms with Crippen LogP contribution < -0.4 is 5.73 Å². The Kier molecular flexibility index (Phi) is 4.04. The van der Waals surface area contributed by atoms with E-state index in [0.717, 1.165) is 5.69 Å². The summed E-state index contributed by atoms with van der Waals surface area (Å²) >= 11 is 6.03. The minimum absolute atomic E-state index is 0.457. The lowest BCUT2D eigenvalue weighted by Crippen LogP contribution is -2.08. The molecule has 96 valence electrons. The first-order valence-electron chi connectivity index (χ1n) is 5.49. The quantitative estimate of drug-likeness (QED) is 0.873. The van der Waals surface area contributed by atoms with E-state index < -0.39 is 10.8 Å². The smallest absolute Gasteiger partial charge is 0.0803 e. The Labute approximate surface area is 113 Å². The second-order valence-electron chi connectivity index (χ2n) is 3.90. The molecule has 1 heterocycles. The fourth-order valence-corrected chi connectivity index (χ4v) is 3.37. The molecule has 0 fully saturated rings. The number of aromatic nitrogens is 2. The van der Waals surface area contributed by atoms with E-state index in [0.29, 0.717) is 27.8 Å². The zero-order valence-electron chi connectivity index (χ0n) is 9.97. The summed E-state index contributed by atoms with van der Waals surface area (Å²) in [6, 6.07) is 7.07. The highest BCUT2D eigenvalue weighted by molar-refractivity contribution is 7.85. The van der Waals surface area contributed by atoms with Gasteiger partial charge in [0.05, 0.1) is 20.7 Å². The molecule has 1 atom stereocenters.